The van der Waals surface area contributed by atoms with Crippen LogP contribution in [0.15, 0.2) is 41.3 Å². The molecule has 1 aliphatic heterocycles. The minimum absolute atomic E-state index is 0.00850. The van der Waals surface area contributed by atoms with Gasteiger partial charge in [-0.1, -0.05) is 18.2 Å². The topological polar surface area (TPSA) is 85.8 Å². The average Bonchev–Trinajstić information content (AvgIpc) is 2.54. The van der Waals surface area contributed by atoms with Gasteiger partial charge in [0, 0.05) is 0 Å². The molecule has 1 aromatic carbocycles. The highest BCUT2D eigenvalue weighted by atomic mass is 32.2. The first-order valence-electron chi connectivity index (χ1n) is 6.74. The molecule has 0 aliphatic carbocycles. The third-order valence-electron chi connectivity index (χ3n) is 3.49. The van der Waals surface area contributed by atoms with E-state index >= 15 is 0 Å². The fourth-order valence-electron chi connectivity index (χ4n) is 2.45. The van der Waals surface area contributed by atoms with Crippen LogP contribution in [0.4, 0.5) is 5.82 Å². The molecular formula is C15H14N2O5S. The molecule has 3 rings (SSSR count). The first-order valence-corrected chi connectivity index (χ1v) is 8.18. The molecular weight excluding hydrogens is 320 g/mol. The maximum absolute atomic E-state index is 12.8. The zero-order valence-electron chi connectivity index (χ0n) is 12.5. The van der Waals surface area contributed by atoms with Crippen molar-refractivity contribution in [3.05, 3.63) is 42.0 Å². The van der Waals surface area contributed by atoms with E-state index in [4.69, 9.17) is 9.47 Å². The molecule has 1 aliphatic rings. The summed E-state index contributed by atoms with van der Waals surface area (Å²) < 4.78 is 36.4. The van der Waals surface area contributed by atoms with Crippen molar-refractivity contribution in [2.75, 3.05) is 18.5 Å². The van der Waals surface area contributed by atoms with Crippen molar-refractivity contribution in [1.82, 2.24) is 4.98 Å². The van der Waals surface area contributed by atoms with Crippen molar-refractivity contribution >= 4 is 21.7 Å². The van der Waals surface area contributed by atoms with Crippen molar-refractivity contribution < 1.29 is 22.7 Å². The van der Waals surface area contributed by atoms with E-state index in [0.717, 1.165) is 0 Å². The Kier molecular flexibility index (Phi) is 3.69. The summed E-state index contributed by atoms with van der Waals surface area (Å²) in [6, 6.07) is 9.34. The number of carbonyl (C=O) groups excluding carboxylic acids is 1. The number of ether oxygens (including phenoxy) is 2. The standard InChI is InChI=1S/C15H14N2O5S/c1-21-11-7-8-13(16-15(11)22-2)17-14(18)9-10-5-3-4-6-12(10)23(17,19)20/h3-8H,9H2,1-2H3. The number of hydrogen-bond acceptors (Lipinski definition) is 6. The minimum Gasteiger partial charge on any atom is -0.491 e. The van der Waals surface area contributed by atoms with Gasteiger partial charge in [-0.25, -0.2) is 8.42 Å². The van der Waals surface area contributed by atoms with E-state index in [0.29, 0.717) is 15.6 Å². The number of amides is 1. The van der Waals surface area contributed by atoms with Gasteiger partial charge in [-0.2, -0.15) is 9.29 Å². The number of anilines is 1. The second kappa shape index (κ2) is 5.54. The molecule has 0 fully saturated rings. The number of benzene rings is 1. The van der Waals surface area contributed by atoms with E-state index in [1.54, 1.807) is 18.2 Å². The van der Waals surface area contributed by atoms with Crippen LogP contribution in [0.5, 0.6) is 11.6 Å². The van der Waals surface area contributed by atoms with Crippen LogP contribution >= 0.6 is 0 Å². The van der Waals surface area contributed by atoms with Crippen LogP contribution in [0.2, 0.25) is 0 Å². The van der Waals surface area contributed by atoms with Crippen LogP contribution in [-0.4, -0.2) is 33.5 Å². The van der Waals surface area contributed by atoms with Crippen LogP contribution in [0.3, 0.4) is 0 Å². The highest BCUT2D eigenvalue weighted by Crippen LogP contribution is 2.33. The van der Waals surface area contributed by atoms with Crippen LogP contribution in [-0.2, 0) is 21.2 Å². The minimum atomic E-state index is -4.00. The molecule has 1 amide bonds. The second-order valence-electron chi connectivity index (χ2n) is 4.83. The smallest absolute Gasteiger partial charge is 0.272 e. The molecule has 0 spiro atoms. The van der Waals surface area contributed by atoms with Gasteiger partial charge in [0.15, 0.2) is 11.6 Å². The molecule has 0 atom stereocenters. The quantitative estimate of drug-likeness (QED) is 0.843. The third kappa shape index (κ3) is 2.40. The van der Waals surface area contributed by atoms with Gasteiger partial charge in [0.25, 0.3) is 15.9 Å². The van der Waals surface area contributed by atoms with E-state index in [2.05, 4.69) is 4.98 Å². The Balaban J connectivity index is 2.15. The maximum atomic E-state index is 12.8. The largest absolute Gasteiger partial charge is 0.491 e. The van der Waals surface area contributed by atoms with Crippen LogP contribution < -0.4 is 13.8 Å². The number of carbonyl (C=O) groups is 1. The summed E-state index contributed by atoms with van der Waals surface area (Å²) in [7, 11) is -1.18. The monoisotopic (exact) mass is 334 g/mol. The van der Waals surface area contributed by atoms with Crippen molar-refractivity contribution in [3.8, 4) is 11.6 Å². The fourth-order valence-corrected chi connectivity index (χ4v) is 4.05. The maximum Gasteiger partial charge on any atom is 0.272 e. The number of nitrogens with zero attached hydrogens (tertiary/aromatic N) is 2. The Morgan fingerprint density at radius 3 is 2.52 bits per heavy atom. The summed E-state index contributed by atoms with van der Waals surface area (Å²) in [4.78, 5) is 16.6. The predicted molar refractivity (Wildman–Crippen MR) is 82.2 cm³/mol. The SMILES string of the molecule is COc1ccc(N2C(=O)Cc3ccccc3S2(=O)=O)nc1OC. The number of aromatic nitrogens is 1. The molecule has 2 heterocycles. The molecule has 0 saturated heterocycles. The molecule has 0 saturated carbocycles. The van der Waals surface area contributed by atoms with Crippen molar-refractivity contribution in [1.29, 1.82) is 0 Å². The van der Waals surface area contributed by atoms with Crippen molar-refractivity contribution in [3.63, 3.8) is 0 Å². The molecule has 1 aromatic heterocycles. The van der Waals surface area contributed by atoms with Crippen molar-refractivity contribution in [2.24, 2.45) is 0 Å². The Bertz CT molecular complexity index is 879. The molecule has 120 valence electrons. The zero-order chi connectivity index (χ0) is 16.6. The summed E-state index contributed by atoms with van der Waals surface area (Å²) >= 11 is 0. The molecule has 2 aromatic rings. The number of fused-ring (bicyclic) bond motifs is 1. The van der Waals surface area contributed by atoms with E-state index in [-0.39, 0.29) is 23.0 Å². The average molecular weight is 334 g/mol. The Labute approximate surface area is 133 Å². The third-order valence-corrected chi connectivity index (χ3v) is 5.32. The van der Waals surface area contributed by atoms with Crippen molar-refractivity contribution in [2.45, 2.75) is 11.3 Å². The van der Waals surface area contributed by atoms with E-state index in [9.17, 15) is 13.2 Å². The lowest BCUT2D eigenvalue weighted by Gasteiger charge is -2.27. The normalized spacial score (nSPS) is 15.9. The highest BCUT2D eigenvalue weighted by Gasteiger charge is 2.38. The predicted octanol–water partition coefficient (Wildman–Crippen LogP) is 1.38. The lowest BCUT2D eigenvalue weighted by molar-refractivity contribution is -0.117. The Morgan fingerprint density at radius 1 is 1.09 bits per heavy atom. The zero-order valence-corrected chi connectivity index (χ0v) is 13.3. The summed E-state index contributed by atoms with van der Waals surface area (Å²) in [5.74, 6) is -0.143. The van der Waals surface area contributed by atoms with Gasteiger partial charge in [-0.3, -0.25) is 4.79 Å². The number of rotatable bonds is 3. The van der Waals surface area contributed by atoms with Gasteiger partial charge in [0.05, 0.1) is 25.5 Å². The van der Waals surface area contributed by atoms with Crippen LogP contribution in [0, 0.1) is 0 Å². The first-order chi connectivity index (χ1) is 11.0. The number of pyridine rings is 1. The Morgan fingerprint density at radius 2 is 1.83 bits per heavy atom. The number of methoxy groups -OCH3 is 2. The van der Waals surface area contributed by atoms with E-state index < -0.39 is 15.9 Å². The molecule has 7 nitrogen and oxygen atoms in total. The van der Waals surface area contributed by atoms with Gasteiger partial charge in [0.1, 0.15) is 0 Å². The van der Waals surface area contributed by atoms with Gasteiger partial charge in [-0.15, -0.1) is 0 Å². The summed E-state index contributed by atoms with van der Waals surface area (Å²) in [5.41, 5.74) is 0.481. The van der Waals surface area contributed by atoms with Gasteiger partial charge in [0.2, 0.25) is 5.91 Å². The molecule has 0 unspecified atom stereocenters. The van der Waals surface area contributed by atoms with E-state index in [1.807, 2.05) is 0 Å². The van der Waals surface area contributed by atoms with Gasteiger partial charge < -0.3 is 9.47 Å². The second-order valence-corrected chi connectivity index (χ2v) is 6.58. The summed E-state index contributed by atoms with van der Waals surface area (Å²) in [6.45, 7) is 0. The highest BCUT2D eigenvalue weighted by molar-refractivity contribution is 7.93. The number of hydrogen-bond donors (Lipinski definition) is 0. The van der Waals surface area contributed by atoms with Crippen LogP contribution in [0.25, 0.3) is 0 Å². The molecule has 23 heavy (non-hydrogen) atoms. The Hall–Kier alpha value is -2.61. The summed E-state index contributed by atoms with van der Waals surface area (Å²) in [6.07, 6.45) is -0.00850. The van der Waals surface area contributed by atoms with Gasteiger partial charge >= 0.3 is 0 Å². The lowest BCUT2D eigenvalue weighted by atomic mass is 10.1. The fraction of sp³-hybridized carbons (Fsp3) is 0.200. The van der Waals surface area contributed by atoms with E-state index in [1.165, 1.54) is 32.4 Å². The van der Waals surface area contributed by atoms with Gasteiger partial charge in [-0.05, 0) is 23.8 Å². The molecule has 0 bridgehead atoms. The summed E-state index contributed by atoms with van der Waals surface area (Å²) in [5, 5.41) is 0. The van der Waals surface area contributed by atoms with Crippen LogP contribution in [0.1, 0.15) is 5.56 Å². The molecule has 8 heteroatoms. The number of sulfonamides is 1. The molecule has 0 N–H and O–H groups in total. The molecule has 0 radical (unpaired) electrons. The lowest BCUT2D eigenvalue weighted by Crippen LogP contribution is -2.42. The first kappa shape index (κ1) is 15.3.